The van der Waals surface area contributed by atoms with Crippen LogP contribution in [0.4, 0.5) is 16.2 Å². The summed E-state index contributed by atoms with van der Waals surface area (Å²) in [5.41, 5.74) is 4.12. The predicted molar refractivity (Wildman–Crippen MR) is 115 cm³/mol. The van der Waals surface area contributed by atoms with Crippen molar-refractivity contribution in [2.24, 2.45) is 0 Å². The molecule has 4 aromatic rings. The van der Waals surface area contributed by atoms with Crippen molar-refractivity contribution in [2.45, 2.75) is 6.92 Å². The van der Waals surface area contributed by atoms with Gasteiger partial charge in [0, 0.05) is 16.6 Å². The van der Waals surface area contributed by atoms with E-state index in [1.54, 1.807) is 12.1 Å². The molecule has 0 fully saturated rings. The first kappa shape index (κ1) is 18.3. The molecule has 4 rings (SSSR count). The van der Waals surface area contributed by atoms with Gasteiger partial charge in [-0.2, -0.15) is 0 Å². The van der Waals surface area contributed by atoms with Crippen LogP contribution in [0.3, 0.4) is 0 Å². The molecule has 3 aromatic carbocycles. The lowest BCUT2D eigenvalue weighted by molar-refractivity contribution is 0.0692. The second-order valence-electron chi connectivity index (χ2n) is 6.73. The Balaban J connectivity index is 1.79. The Morgan fingerprint density at radius 3 is 2.21 bits per heavy atom. The minimum absolute atomic E-state index is 0.0864. The van der Waals surface area contributed by atoms with Crippen molar-refractivity contribution in [2.75, 3.05) is 10.6 Å². The molecule has 0 spiro atoms. The molecule has 0 saturated carbocycles. The summed E-state index contributed by atoms with van der Waals surface area (Å²) in [6.07, 6.45) is 0. The fraction of sp³-hybridized carbons (Fsp3) is 0.0435. The van der Waals surface area contributed by atoms with Crippen molar-refractivity contribution < 1.29 is 14.7 Å². The van der Waals surface area contributed by atoms with Crippen LogP contribution < -0.4 is 10.6 Å². The number of para-hydroxylation sites is 1. The first-order valence-electron chi connectivity index (χ1n) is 9.11. The molecule has 0 aliphatic rings. The molecule has 144 valence electrons. The highest BCUT2D eigenvalue weighted by Crippen LogP contribution is 2.36. The second kappa shape index (κ2) is 7.52. The Morgan fingerprint density at radius 1 is 0.897 bits per heavy atom. The number of hydrogen-bond acceptors (Lipinski definition) is 2. The second-order valence-corrected chi connectivity index (χ2v) is 6.73. The lowest BCUT2D eigenvalue weighted by Gasteiger charge is -2.10. The average Bonchev–Trinajstić information content (AvgIpc) is 3.09. The topological polar surface area (TPSA) is 94.2 Å². The Kier molecular flexibility index (Phi) is 4.75. The number of rotatable bonds is 4. The van der Waals surface area contributed by atoms with Gasteiger partial charge in [-0.15, -0.1) is 0 Å². The largest absolute Gasteiger partial charge is 0.477 e. The number of nitrogens with one attached hydrogen (secondary N) is 3. The van der Waals surface area contributed by atoms with E-state index in [1.165, 1.54) is 0 Å². The Hall–Kier alpha value is -4.06. The summed E-state index contributed by atoms with van der Waals surface area (Å²) in [7, 11) is 0. The van der Waals surface area contributed by atoms with E-state index in [0.717, 1.165) is 16.5 Å². The maximum absolute atomic E-state index is 12.5. The van der Waals surface area contributed by atoms with Crippen LogP contribution in [-0.4, -0.2) is 22.1 Å². The van der Waals surface area contributed by atoms with Crippen LogP contribution in [-0.2, 0) is 0 Å². The maximum Gasteiger partial charge on any atom is 0.352 e. The number of aromatic nitrogens is 1. The van der Waals surface area contributed by atoms with Gasteiger partial charge in [0.25, 0.3) is 0 Å². The number of aromatic amines is 1. The third-order valence-electron chi connectivity index (χ3n) is 4.61. The van der Waals surface area contributed by atoms with Crippen molar-refractivity contribution in [1.29, 1.82) is 0 Å². The van der Waals surface area contributed by atoms with Crippen LogP contribution in [0, 0.1) is 6.92 Å². The number of aryl methyl sites for hydroxylation is 1. The lowest BCUT2D eigenvalue weighted by atomic mass is 10.00. The van der Waals surface area contributed by atoms with Gasteiger partial charge in [-0.05, 0) is 42.3 Å². The van der Waals surface area contributed by atoms with E-state index in [2.05, 4.69) is 15.6 Å². The van der Waals surface area contributed by atoms with Gasteiger partial charge in [-0.3, -0.25) is 0 Å². The van der Waals surface area contributed by atoms with E-state index in [4.69, 9.17) is 0 Å². The minimum Gasteiger partial charge on any atom is -0.477 e. The van der Waals surface area contributed by atoms with Crippen LogP contribution in [0.1, 0.15) is 16.1 Å². The van der Waals surface area contributed by atoms with E-state index in [0.29, 0.717) is 22.5 Å². The van der Waals surface area contributed by atoms with Crippen molar-refractivity contribution >= 4 is 34.3 Å². The van der Waals surface area contributed by atoms with Crippen LogP contribution in [0.2, 0.25) is 0 Å². The van der Waals surface area contributed by atoms with Gasteiger partial charge in [0.15, 0.2) is 0 Å². The summed E-state index contributed by atoms with van der Waals surface area (Å²) in [5, 5.41) is 16.1. The molecular weight excluding hydrogens is 366 g/mol. The number of amides is 2. The van der Waals surface area contributed by atoms with E-state index in [9.17, 15) is 14.7 Å². The zero-order chi connectivity index (χ0) is 20.4. The van der Waals surface area contributed by atoms with Crippen LogP contribution in [0.15, 0.2) is 72.8 Å². The number of urea groups is 1. The number of H-pyrrole nitrogens is 1. The molecule has 6 nitrogen and oxygen atoms in total. The molecule has 0 aliphatic heterocycles. The molecular formula is C23H19N3O3. The monoisotopic (exact) mass is 385 g/mol. The number of benzene rings is 3. The summed E-state index contributed by atoms with van der Waals surface area (Å²) in [6, 6.07) is 21.8. The summed E-state index contributed by atoms with van der Waals surface area (Å²) in [4.78, 5) is 27.4. The molecule has 0 unspecified atom stereocenters. The quantitative estimate of drug-likeness (QED) is 0.374. The number of fused-ring (bicyclic) bond motifs is 1. The molecule has 0 radical (unpaired) electrons. The number of carbonyl (C=O) groups is 2. The van der Waals surface area contributed by atoms with Gasteiger partial charge in [-0.1, -0.05) is 48.5 Å². The maximum atomic E-state index is 12.5. The highest BCUT2D eigenvalue weighted by atomic mass is 16.4. The van der Waals surface area contributed by atoms with Gasteiger partial charge >= 0.3 is 12.0 Å². The molecule has 0 aliphatic carbocycles. The molecule has 0 saturated heterocycles. The summed E-state index contributed by atoms with van der Waals surface area (Å²) in [6.45, 7) is 1.90. The van der Waals surface area contributed by atoms with E-state index in [1.807, 2.05) is 67.6 Å². The van der Waals surface area contributed by atoms with Crippen molar-refractivity contribution in [3.05, 3.63) is 84.1 Å². The smallest absolute Gasteiger partial charge is 0.352 e. The highest BCUT2D eigenvalue weighted by Gasteiger charge is 2.21. The van der Waals surface area contributed by atoms with Crippen LogP contribution in [0.25, 0.3) is 22.0 Å². The number of hydrogen-bond donors (Lipinski definition) is 4. The molecule has 6 heteroatoms. The predicted octanol–water partition coefficient (Wildman–Crippen LogP) is 5.49. The standard InChI is InChI=1S/C23H19N3O3/c1-14-12-17-19(15-8-4-2-5-9-15)21(22(27)28)26-20(17)18(13-14)25-23(29)24-16-10-6-3-7-11-16/h2-13,26H,1H3,(H,27,28)(H2,24,25,29). The number of carboxylic acid groups (broad SMARTS) is 1. The summed E-state index contributed by atoms with van der Waals surface area (Å²) in [5.74, 6) is -1.06. The van der Waals surface area contributed by atoms with Gasteiger partial charge in [0.1, 0.15) is 5.69 Å². The third-order valence-corrected chi connectivity index (χ3v) is 4.61. The van der Waals surface area contributed by atoms with Gasteiger partial charge < -0.3 is 20.7 Å². The van der Waals surface area contributed by atoms with Crippen LogP contribution >= 0.6 is 0 Å². The normalized spacial score (nSPS) is 10.7. The van der Waals surface area contributed by atoms with Gasteiger partial charge in [0.2, 0.25) is 0 Å². The Morgan fingerprint density at radius 2 is 1.55 bits per heavy atom. The van der Waals surface area contributed by atoms with E-state index < -0.39 is 12.0 Å². The average molecular weight is 385 g/mol. The SMILES string of the molecule is Cc1cc(NC(=O)Nc2ccccc2)c2[nH]c(C(=O)O)c(-c3ccccc3)c2c1. The van der Waals surface area contributed by atoms with Crippen LogP contribution in [0.5, 0.6) is 0 Å². The number of carboxylic acids is 1. The number of anilines is 2. The fourth-order valence-electron chi connectivity index (χ4n) is 3.41. The summed E-state index contributed by atoms with van der Waals surface area (Å²) < 4.78 is 0. The number of carbonyl (C=O) groups excluding carboxylic acids is 1. The fourth-order valence-corrected chi connectivity index (χ4v) is 3.41. The Bertz CT molecular complexity index is 1200. The third kappa shape index (κ3) is 3.68. The van der Waals surface area contributed by atoms with Gasteiger partial charge in [0.05, 0.1) is 11.2 Å². The lowest BCUT2D eigenvalue weighted by Crippen LogP contribution is -2.19. The minimum atomic E-state index is -1.06. The zero-order valence-corrected chi connectivity index (χ0v) is 15.7. The summed E-state index contributed by atoms with van der Waals surface area (Å²) >= 11 is 0. The molecule has 29 heavy (non-hydrogen) atoms. The molecule has 1 aromatic heterocycles. The molecule has 1 heterocycles. The first-order valence-corrected chi connectivity index (χ1v) is 9.11. The first-order chi connectivity index (χ1) is 14.0. The number of aromatic carboxylic acids is 1. The van der Waals surface area contributed by atoms with Crippen molar-refractivity contribution in [1.82, 2.24) is 4.98 Å². The van der Waals surface area contributed by atoms with Gasteiger partial charge in [-0.25, -0.2) is 9.59 Å². The van der Waals surface area contributed by atoms with Crippen molar-refractivity contribution in [3.8, 4) is 11.1 Å². The molecule has 0 atom stereocenters. The molecule has 0 bridgehead atoms. The zero-order valence-electron chi connectivity index (χ0n) is 15.7. The Labute approximate surface area is 167 Å². The molecule has 2 amide bonds. The van der Waals surface area contributed by atoms with E-state index >= 15 is 0 Å². The van der Waals surface area contributed by atoms with E-state index in [-0.39, 0.29) is 5.69 Å². The van der Waals surface area contributed by atoms with Crippen molar-refractivity contribution in [3.63, 3.8) is 0 Å². The highest BCUT2D eigenvalue weighted by molar-refractivity contribution is 6.13. The molecule has 4 N–H and O–H groups in total.